The Morgan fingerprint density at radius 2 is 1.93 bits per heavy atom. The summed E-state index contributed by atoms with van der Waals surface area (Å²) in [5.74, 6) is 1.67. The fourth-order valence-electron chi connectivity index (χ4n) is 3.15. The molecule has 138 valence electrons. The van der Waals surface area contributed by atoms with Gasteiger partial charge in [-0.2, -0.15) is 5.26 Å². The lowest BCUT2D eigenvalue weighted by atomic mass is 9.80. The van der Waals surface area contributed by atoms with Crippen LogP contribution in [0.15, 0.2) is 36.4 Å². The Kier molecular flexibility index (Phi) is 5.01. The van der Waals surface area contributed by atoms with Crippen LogP contribution in [-0.4, -0.2) is 55.3 Å². The van der Waals surface area contributed by atoms with Gasteiger partial charge in [-0.15, -0.1) is 5.06 Å². The smallest absolute Gasteiger partial charge is 0.453 e. The maximum atomic E-state index is 9.74. The van der Waals surface area contributed by atoms with E-state index < -0.39 is 7.12 Å². The first-order valence-electron chi connectivity index (χ1n) is 8.88. The molecule has 2 heterocycles. The molecule has 2 aromatic rings. The van der Waals surface area contributed by atoms with Gasteiger partial charge in [-0.05, 0) is 42.3 Å². The van der Waals surface area contributed by atoms with Crippen LogP contribution in [-0.2, 0) is 11.3 Å². The minimum atomic E-state index is -0.875. The van der Waals surface area contributed by atoms with Crippen molar-refractivity contribution >= 4 is 12.6 Å². The lowest BCUT2D eigenvalue weighted by Crippen LogP contribution is -2.45. The predicted molar refractivity (Wildman–Crippen MR) is 99.8 cm³/mol. The molecule has 0 bridgehead atoms. The molecule has 27 heavy (non-hydrogen) atoms. The summed E-state index contributed by atoms with van der Waals surface area (Å²) in [4.78, 5) is 8.27. The highest BCUT2D eigenvalue weighted by Gasteiger charge is 2.27. The number of piperazine rings is 1. The second-order valence-electron chi connectivity index (χ2n) is 6.72. The van der Waals surface area contributed by atoms with Gasteiger partial charge < -0.3 is 24.2 Å². The molecule has 2 aliphatic heterocycles. The zero-order valence-corrected chi connectivity index (χ0v) is 15.1. The van der Waals surface area contributed by atoms with Gasteiger partial charge in [-0.25, -0.2) is 0 Å². The Labute approximate surface area is 158 Å². The van der Waals surface area contributed by atoms with Crippen LogP contribution in [0.5, 0.6) is 17.2 Å². The molecule has 7 nitrogen and oxygen atoms in total. The van der Waals surface area contributed by atoms with Gasteiger partial charge in [0.15, 0.2) is 11.5 Å². The topological polar surface area (TPSA) is 78.2 Å². The minimum Gasteiger partial charge on any atom is -0.453 e. The number of ether oxygens (including phenoxy) is 1. The molecule has 0 atom stereocenters. The van der Waals surface area contributed by atoms with Gasteiger partial charge >= 0.3 is 7.12 Å². The lowest BCUT2D eigenvalue weighted by molar-refractivity contribution is -0.0861. The van der Waals surface area contributed by atoms with E-state index in [0.29, 0.717) is 29.4 Å². The summed E-state index contributed by atoms with van der Waals surface area (Å²) in [5.41, 5.74) is 2.17. The van der Waals surface area contributed by atoms with Gasteiger partial charge in [-0.3, -0.25) is 0 Å². The highest BCUT2D eigenvalue weighted by molar-refractivity contribution is 6.61. The first-order valence-corrected chi connectivity index (χ1v) is 8.88. The number of fused-ring (bicyclic) bond motifs is 1. The van der Waals surface area contributed by atoms with E-state index in [1.54, 1.807) is 30.3 Å². The van der Waals surface area contributed by atoms with Crippen molar-refractivity contribution < 1.29 is 19.3 Å². The van der Waals surface area contributed by atoms with Gasteiger partial charge in [-0.1, -0.05) is 6.07 Å². The van der Waals surface area contributed by atoms with E-state index in [1.807, 2.05) is 11.1 Å². The Balaban J connectivity index is 1.56. The van der Waals surface area contributed by atoms with Crippen LogP contribution >= 0.6 is 0 Å². The second kappa shape index (κ2) is 7.58. The average Bonchev–Trinajstić information content (AvgIpc) is 3.05. The van der Waals surface area contributed by atoms with E-state index in [0.717, 1.165) is 37.2 Å². The summed E-state index contributed by atoms with van der Waals surface area (Å²) in [6.07, 6.45) is 0. The molecule has 2 aliphatic rings. The summed E-state index contributed by atoms with van der Waals surface area (Å²) in [5, 5.41) is 20.8. The molecule has 8 heteroatoms. The van der Waals surface area contributed by atoms with Crippen LogP contribution in [0.1, 0.15) is 11.1 Å². The van der Waals surface area contributed by atoms with Crippen LogP contribution in [0.2, 0.25) is 0 Å². The summed E-state index contributed by atoms with van der Waals surface area (Å²) in [6, 6.07) is 12.7. The maximum Gasteiger partial charge on any atom is 0.491 e. The van der Waals surface area contributed by atoms with Crippen LogP contribution in [0.3, 0.4) is 0 Å². The maximum absolute atomic E-state index is 9.74. The number of benzene rings is 2. The van der Waals surface area contributed by atoms with E-state index in [9.17, 15) is 10.3 Å². The van der Waals surface area contributed by atoms with Gasteiger partial charge in [0.05, 0.1) is 18.2 Å². The van der Waals surface area contributed by atoms with Crippen LogP contribution < -0.4 is 15.0 Å². The Hall–Kier alpha value is -2.57. The first kappa shape index (κ1) is 17.8. The van der Waals surface area contributed by atoms with Crippen molar-refractivity contribution in [3.63, 3.8) is 0 Å². The number of nitrogens with zero attached hydrogens (tertiary/aromatic N) is 3. The molecule has 0 unspecified atom stereocenters. The summed E-state index contributed by atoms with van der Waals surface area (Å²) in [7, 11) is 1.21. The molecule has 1 saturated heterocycles. The predicted octanol–water partition coefficient (Wildman–Crippen LogP) is 1.11. The third-order valence-corrected chi connectivity index (χ3v) is 4.77. The van der Waals surface area contributed by atoms with Crippen molar-refractivity contribution in [3.8, 4) is 23.3 Å². The molecule has 0 spiro atoms. The molecule has 1 N–H and O–H groups in total. The number of hydrogen-bond acceptors (Lipinski definition) is 7. The largest absolute Gasteiger partial charge is 0.491 e. The Morgan fingerprint density at radius 1 is 1.11 bits per heavy atom. The zero-order valence-electron chi connectivity index (χ0n) is 15.1. The molecule has 0 aliphatic carbocycles. The van der Waals surface area contributed by atoms with Gasteiger partial charge in [0.2, 0.25) is 0 Å². The van der Waals surface area contributed by atoms with E-state index in [-0.39, 0.29) is 0 Å². The highest BCUT2D eigenvalue weighted by atomic mass is 16.7. The van der Waals surface area contributed by atoms with Gasteiger partial charge in [0, 0.05) is 32.2 Å². The second-order valence-corrected chi connectivity index (χ2v) is 6.72. The molecule has 0 radical (unpaired) electrons. The van der Waals surface area contributed by atoms with Crippen molar-refractivity contribution in [2.75, 3.05) is 33.2 Å². The first-order chi connectivity index (χ1) is 13.1. The molecule has 0 aromatic heterocycles. The van der Waals surface area contributed by atoms with Crippen molar-refractivity contribution in [2.45, 2.75) is 6.61 Å². The third-order valence-electron chi connectivity index (χ3n) is 4.77. The number of nitriles is 1. The van der Waals surface area contributed by atoms with Crippen LogP contribution in [0, 0.1) is 11.3 Å². The number of rotatable bonds is 4. The number of hydrogen-bond donors (Lipinski definition) is 1. The van der Waals surface area contributed by atoms with Crippen LogP contribution in [0.4, 0.5) is 0 Å². The molecular weight excluding hydrogens is 345 g/mol. The summed E-state index contributed by atoms with van der Waals surface area (Å²) < 4.78 is 11.2. The van der Waals surface area contributed by atoms with Crippen molar-refractivity contribution in [3.05, 3.63) is 47.5 Å². The van der Waals surface area contributed by atoms with Gasteiger partial charge in [0.25, 0.3) is 0 Å². The fourth-order valence-corrected chi connectivity index (χ4v) is 3.15. The van der Waals surface area contributed by atoms with Crippen molar-refractivity contribution in [1.29, 1.82) is 5.26 Å². The zero-order chi connectivity index (χ0) is 18.8. The standard InChI is InChI=1S/C19H20BN3O4/c1-22-6-8-23(9-7-22)27-19-10-14(12-21)2-5-18(19)26-16-3-4-17-15(11-16)13-25-20(17)24/h2-5,10-11,24H,6-9,13H2,1H3. The van der Waals surface area contributed by atoms with E-state index in [1.165, 1.54) is 0 Å². The number of hydroxylamine groups is 2. The molecular formula is C19H20BN3O4. The summed E-state index contributed by atoms with van der Waals surface area (Å²) in [6.45, 7) is 3.75. The Bertz CT molecular complexity index is 878. The lowest BCUT2D eigenvalue weighted by Gasteiger charge is -2.31. The van der Waals surface area contributed by atoms with Gasteiger partial charge in [0.1, 0.15) is 5.75 Å². The molecule has 2 aromatic carbocycles. The SMILES string of the molecule is CN1CCN(Oc2cc(C#N)ccc2Oc2ccc3c(c2)COB3O)CC1. The van der Waals surface area contributed by atoms with Crippen molar-refractivity contribution in [2.24, 2.45) is 0 Å². The quantitative estimate of drug-likeness (QED) is 0.814. The molecule has 4 rings (SSSR count). The third kappa shape index (κ3) is 3.92. The monoisotopic (exact) mass is 365 g/mol. The summed E-state index contributed by atoms with van der Waals surface area (Å²) >= 11 is 0. The van der Waals surface area contributed by atoms with E-state index >= 15 is 0 Å². The fraction of sp³-hybridized carbons (Fsp3) is 0.316. The van der Waals surface area contributed by atoms with Crippen molar-refractivity contribution in [1.82, 2.24) is 9.96 Å². The van der Waals surface area contributed by atoms with E-state index in [4.69, 9.17) is 14.2 Å². The minimum absolute atomic E-state index is 0.353. The normalized spacial score (nSPS) is 17.4. The molecule has 0 saturated carbocycles. The number of likely N-dealkylation sites (N-methyl/N-ethyl adjacent to an activating group) is 1. The average molecular weight is 365 g/mol. The van der Waals surface area contributed by atoms with Crippen LogP contribution in [0.25, 0.3) is 0 Å². The Morgan fingerprint density at radius 3 is 2.70 bits per heavy atom. The molecule has 0 amide bonds. The van der Waals surface area contributed by atoms with E-state index in [2.05, 4.69) is 18.0 Å². The molecule has 1 fully saturated rings. The highest BCUT2D eigenvalue weighted by Crippen LogP contribution is 2.33.